The predicted molar refractivity (Wildman–Crippen MR) is 88.2 cm³/mol. The normalized spacial score (nSPS) is 12.9. The van der Waals surface area contributed by atoms with Crippen LogP contribution in [-0.4, -0.2) is 22.9 Å². The highest BCUT2D eigenvalue weighted by Gasteiger charge is 2.20. The zero-order valence-electron chi connectivity index (χ0n) is 14.6. The maximum atomic E-state index is 9.67. The van der Waals surface area contributed by atoms with Crippen molar-refractivity contribution in [2.45, 2.75) is 110 Å². The van der Waals surface area contributed by atoms with E-state index in [4.69, 9.17) is 4.74 Å². The maximum absolute atomic E-state index is 9.67. The van der Waals surface area contributed by atoms with Gasteiger partial charge in [-0.1, -0.05) is 58.3 Å². The molecule has 0 saturated carbocycles. The van der Waals surface area contributed by atoms with Crippen molar-refractivity contribution >= 4 is 0 Å². The van der Waals surface area contributed by atoms with E-state index in [2.05, 4.69) is 20.8 Å². The van der Waals surface area contributed by atoms with E-state index in [0.29, 0.717) is 13.0 Å². The molecule has 0 radical (unpaired) electrons. The smallest absolute Gasteiger partial charge is 0.0626 e. The van der Waals surface area contributed by atoms with Gasteiger partial charge >= 0.3 is 0 Å². The molecule has 0 aliphatic heterocycles. The van der Waals surface area contributed by atoms with Crippen LogP contribution in [-0.2, 0) is 4.74 Å². The molecule has 0 spiro atoms. The maximum Gasteiger partial charge on any atom is 0.0626 e. The van der Waals surface area contributed by atoms with E-state index in [1.807, 2.05) is 13.8 Å². The highest BCUT2D eigenvalue weighted by Crippen LogP contribution is 2.21. The summed E-state index contributed by atoms with van der Waals surface area (Å²) in [5, 5.41) is 9.67. The van der Waals surface area contributed by atoms with Crippen LogP contribution in [0.1, 0.15) is 98.8 Å². The molecule has 0 rings (SSSR count). The fourth-order valence-corrected chi connectivity index (χ4v) is 2.33. The largest absolute Gasteiger partial charge is 0.390 e. The van der Waals surface area contributed by atoms with Crippen LogP contribution in [0.3, 0.4) is 0 Å². The summed E-state index contributed by atoms with van der Waals surface area (Å²) in [5.41, 5.74) is -0.665. The van der Waals surface area contributed by atoms with Crippen LogP contribution < -0.4 is 0 Å². The second-order valence-corrected chi connectivity index (χ2v) is 7.40. The Kier molecular flexibility index (Phi) is 10.6. The first-order valence-electron chi connectivity index (χ1n) is 8.63. The van der Waals surface area contributed by atoms with Gasteiger partial charge in [0.25, 0.3) is 0 Å². The molecule has 0 atom stereocenters. The standard InChI is InChI=1S/C18H38O2/c1-6-7-8-9-10-11-12-13-14-18(4,5)20-16-15-17(2,3)19/h19H,6-16H2,1-5H3. The van der Waals surface area contributed by atoms with Crippen molar-refractivity contribution < 1.29 is 9.84 Å². The third-order valence-electron chi connectivity index (χ3n) is 3.84. The van der Waals surface area contributed by atoms with Gasteiger partial charge in [0, 0.05) is 0 Å². The quantitative estimate of drug-likeness (QED) is 0.455. The Hall–Kier alpha value is -0.0800. The molecule has 0 aromatic carbocycles. The Bertz CT molecular complexity index is 216. The number of unbranched alkanes of at least 4 members (excludes halogenated alkanes) is 7. The topological polar surface area (TPSA) is 29.5 Å². The summed E-state index contributed by atoms with van der Waals surface area (Å²) in [4.78, 5) is 0. The molecule has 0 fully saturated rings. The molecule has 0 aromatic heterocycles. The Morgan fingerprint density at radius 1 is 0.750 bits per heavy atom. The van der Waals surface area contributed by atoms with Crippen LogP contribution >= 0.6 is 0 Å². The number of hydrogen-bond acceptors (Lipinski definition) is 2. The zero-order valence-corrected chi connectivity index (χ0v) is 14.6. The van der Waals surface area contributed by atoms with Crippen molar-refractivity contribution in [1.82, 2.24) is 0 Å². The highest BCUT2D eigenvalue weighted by atomic mass is 16.5. The molecule has 0 bridgehead atoms. The average molecular weight is 286 g/mol. The molecule has 0 aliphatic rings. The molecule has 0 saturated heterocycles. The van der Waals surface area contributed by atoms with Crippen LogP contribution in [0.5, 0.6) is 0 Å². The van der Waals surface area contributed by atoms with Crippen LogP contribution in [0, 0.1) is 0 Å². The second kappa shape index (κ2) is 10.6. The van der Waals surface area contributed by atoms with Gasteiger partial charge in [-0.2, -0.15) is 0 Å². The number of rotatable bonds is 13. The van der Waals surface area contributed by atoms with E-state index in [9.17, 15) is 5.11 Å². The fourth-order valence-electron chi connectivity index (χ4n) is 2.33. The molecule has 122 valence electrons. The summed E-state index contributed by atoms with van der Waals surface area (Å²) in [6, 6.07) is 0. The first-order chi connectivity index (χ1) is 9.27. The van der Waals surface area contributed by atoms with Crippen molar-refractivity contribution in [3.05, 3.63) is 0 Å². The van der Waals surface area contributed by atoms with Gasteiger partial charge in [0.1, 0.15) is 0 Å². The van der Waals surface area contributed by atoms with Gasteiger partial charge in [0.15, 0.2) is 0 Å². The second-order valence-electron chi connectivity index (χ2n) is 7.40. The van der Waals surface area contributed by atoms with E-state index in [1.54, 1.807) is 0 Å². The van der Waals surface area contributed by atoms with Crippen molar-refractivity contribution in [2.24, 2.45) is 0 Å². The molecule has 0 amide bonds. The minimum absolute atomic E-state index is 0.0482. The Balaban J connectivity index is 3.47. The van der Waals surface area contributed by atoms with Gasteiger partial charge in [-0.25, -0.2) is 0 Å². The van der Waals surface area contributed by atoms with Crippen LogP contribution in [0.4, 0.5) is 0 Å². The highest BCUT2D eigenvalue weighted by molar-refractivity contribution is 4.71. The lowest BCUT2D eigenvalue weighted by molar-refractivity contribution is -0.0509. The van der Waals surface area contributed by atoms with E-state index >= 15 is 0 Å². The van der Waals surface area contributed by atoms with Crippen molar-refractivity contribution in [2.75, 3.05) is 6.61 Å². The SMILES string of the molecule is CCCCCCCCCCC(C)(C)OCCC(C)(C)O. The minimum Gasteiger partial charge on any atom is -0.390 e. The Labute approximate surface area is 127 Å². The number of aliphatic hydroxyl groups is 1. The lowest BCUT2D eigenvalue weighted by Gasteiger charge is -2.27. The van der Waals surface area contributed by atoms with Crippen LogP contribution in [0.25, 0.3) is 0 Å². The molecule has 0 unspecified atom stereocenters. The molecule has 2 nitrogen and oxygen atoms in total. The monoisotopic (exact) mass is 286 g/mol. The molecule has 20 heavy (non-hydrogen) atoms. The van der Waals surface area contributed by atoms with Gasteiger partial charge in [0.2, 0.25) is 0 Å². The fraction of sp³-hybridized carbons (Fsp3) is 1.00. The molecule has 0 heterocycles. The molecule has 2 heteroatoms. The summed E-state index contributed by atoms with van der Waals surface area (Å²) >= 11 is 0. The van der Waals surface area contributed by atoms with Crippen molar-refractivity contribution in [3.63, 3.8) is 0 Å². The first-order valence-corrected chi connectivity index (χ1v) is 8.63. The third-order valence-corrected chi connectivity index (χ3v) is 3.84. The van der Waals surface area contributed by atoms with Gasteiger partial charge in [0.05, 0.1) is 17.8 Å². The summed E-state index contributed by atoms with van der Waals surface area (Å²) < 4.78 is 5.91. The van der Waals surface area contributed by atoms with Crippen molar-refractivity contribution in [1.29, 1.82) is 0 Å². The lowest BCUT2D eigenvalue weighted by Crippen LogP contribution is -2.28. The zero-order chi connectivity index (χ0) is 15.5. The molecule has 1 N–H and O–H groups in total. The first kappa shape index (κ1) is 19.9. The number of ether oxygens (including phenoxy) is 1. The van der Waals surface area contributed by atoms with E-state index in [1.165, 1.54) is 51.4 Å². The molecule has 0 aliphatic carbocycles. The van der Waals surface area contributed by atoms with Gasteiger partial charge in [-0.3, -0.25) is 0 Å². The molecular weight excluding hydrogens is 248 g/mol. The van der Waals surface area contributed by atoms with Gasteiger partial charge in [-0.05, 0) is 40.5 Å². The van der Waals surface area contributed by atoms with Gasteiger partial charge in [-0.15, -0.1) is 0 Å². The van der Waals surface area contributed by atoms with E-state index in [-0.39, 0.29) is 5.60 Å². The molecular formula is C18H38O2. The van der Waals surface area contributed by atoms with Crippen LogP contribution in [0.15, 0.2) is 0 Å². The Morgan fingerprint density at radius 2 is 1.25 bits per heavy atom. The average Bonchev–Trinajstić information content (AvgIpc) is 2.30. The molecule has 0 aromatic rings. The van der Waals surface area contributed by atoms with Gasteiger partial charge < -0.3 is 9.84 Å². The van der Waals surface area contributed by atoms with Crippen LogP contribution in [0.2, 0.25) is 0 Å². The predicted octanol–water partition coefficient (Wildman–Crippen LogP) is 5.47. The summed E-state index contributed by atoms with van der Waals surface area (Å²) in [7, 11) is 0. The lowest BCUT2D eigenvalue weighted by atomic mass is 9.98. The van der Waals surface area contributed by atoms with E-state index < -0.39 is 5.60 Å². The summed E-state index contributed by atoms with van der Waals surface area (Å²) in [6.07, 6.45) is 12.7. The summed E-state index contributed by atoms with van der Waals surface area (Å²) in [5.74, 6) is 0. The van der Waals surface area contributed by atoms with E-state index in [0.717, 1.165) is 6.42 Å². The Morgan fingerprint density at radius 3 is 1.75 bits per heavy atom. The third kappa shape index (κ3) is 14.3. The van der Waals surface area contributed by atoms with Crippen molar-refractivity contribution in [3.8, 4) is 0 Å². The number of hydrogen-bond donors (Lipinski definition) is 1. The minimum atomic E-state index is -0.616. The summed E-state index contributed by atoms with van der Waals surface area (Å²) in [6.45, 7) is 10.9.